The lowest BCUT2D eigenvalue weighted by Crippen LogP contribution is -2.24. The zero-order chi connectivity index (χ0) is 21.8. The summed E-state index contributed by atoms with van der Waals surface area (Å²) in [5.41, 5.74) is 7.58. The zero-order valence-corrected chi connectivity index (χ0v) is 16.1. The number of ether oxygens (including phenoxy) is 1. The summed E-state index contributed by atoms with van der Waals surface area (Å²) in [4.78, 5) is 23.8. The van der Waals surface area contributed by atoms with E-state index in [-0.39, 0.29) is 18.2 Å². The number of nitrogen functional groups attached to an aromatic ring is 1. The molecule has 0 atom stereocenters. The van der Waals surface area contributed by atoms with E-state index in [4.69, 9.17) is 5.73 Å². The van der Waals surface area contributed by atoms with Crippen LogP contribution in [-0.4, -0.2) is 28.2 Å². The average Bonchev–Trinajstić information content (AvgIpc) is 2.71. The maximum absolute atomic E-state index is 13.4. The van der Waals surface area contributed by atoms with E-state index in [1.807, 2.05) is 0 Å². The van der Waals surface area contributed by atoms with Crippen LogP contribution < -0.4 is 11.1 Å². The molecule has 3 N–H and O–H groups in total. The Morgan fingerprint density at radius 3 is 2.47 bits per heavy atom. The molecule has 0 fully saturated rings. The summed E-state index contributed by atoms with van der Waals surface area (Å²) in [6, 6.07) is 8.27. The van der Waals surface area contributed by atoms with Gasteiger partial charge >= 0.3 is 6.09 Å². The van der Waals surface area contributed by atoms with Crippen molar-refractivity contribution in [1.82, 2.24) is 20.3 Å². The lowest BCUT2D eigenvalue weighted by molar-refractivity contribution is 0.146. The number of aryl methyl sites for hydroxylation is 1. The predicted octanol–water partition coefficient (Wildman–Crippen LogP) is 4.03. The molecule has 2 heterocycles. The Morgan fingerprint density at radius 2 is 1.83 bits per heavy atom. The number of aromatic nitrogens is 3. The van der Waals surface area contributed by atoms with Crippen molar-refractivity contribution in [2.45, 2.75) is 19.9 Å². The SMILES string of the molecule is COC(=O)NCc1nc(N)nc(-c2ccc(F)cc2)c1-c1cc(C)nc(C(F)F)c1. The number of pyridine rings is 1. The Kier molecular flexibility index (Phi) is 6.14. The molecule has 0 spiro atoms. The average molecular weight is 417 g/mol. The van der Waals surface area contributed by atoms with Gasteiger partial charge in [-0.25, -0.2) is 27.9 Å². The molecule has 3 rings (SSSR count). The van der Waals surface area contributed by atoms with Gasteiger partial charge in [0.15, 0.2) is 0 Å². The number of halogens is 3. The first-order valence-corrected chi connectivity index (χ1v) is 8.79. The van der Waals surface area contributed by atoms with E-state index < -0.39 is 24.0 Å². The monoisotopic (exact) mass is 417 g/mol. The minimum absolute atomic E-state index is 0.0976. The van der Waals surface area contributed by atoms with Gasteiger partial charge in [-0.05, 0) is 48.9 Å². The van der Waals surface area contributed by atoms with E-state index in [9.17, 15) is 18.0 Å². The summed E-state index contributed by atoms with van der Waals surface area (Å²) in [5.74, 6) is -0.547. The third-order valence-corrected chi connectivity index (χ3v) is 4.19. The van der Waals surface area contributed by atoms with E-state index in [1.165, 1.54) is 37.4 Å². The highest BCUT2D eigenvalue weighted by Crippen LogP contribution is 2.35. The quantitative estimate of drug-likeness (QED) is 0.650. The molecule has 0 saturated carbocycles. The van der Waals surface area contributed by atoms with E-state index in [0.29, 0.717) is 28.1 Å². The second kappa shape index (κ2) is 8.76. The van der Waals surface area contributed by atoms with Crippen LogP contribution in [0.25, 0.3) is 22.4 Å². The summed E-state index contributed by atoms with van der Waals surface area (Å²) in [7, 11) is 1.20. The first-order chi connectivity index (χ1) is 14.3. The highest BCUT2D eigenvalue weighted by atomic mass is 19.3. The molecule has 1 aromatic carbocycles. The molecule has 0 bridgehead atoms. The number of carbonyl (C=O) groups is 1. The molecular weight excluding hydrogens is 399 g/mol. The third kappa shape index (κ3) is 4.65. The van der Waals surface area contributed by atoms with Crippen LogP contribution in [-0.2, 0) is 11.3 Å². The minimum Gasteiger partial charge on any atom is -0.453 e. The van der Waals surface area contributed by atoms with Gasteiger partial charge in [-0.1, -0.05) is 0 Å². The van der Waals surface area contributed by atoms with Gasteiger partial charge in [0.1, 0.15) is 11.5 Å². The van der Waals surface area contributed by atoms with E-state index >= 15 is 0 Å². The number of hydrogen-bond acceptors (Lipinski definition) is 6. The van der Waals surface area contributed by atoms with Crippen LogP contribution in [0.15, 0.2) is 36.4 Å². The first-order valence-electron chi connectivity index (χ1n) is 8.79. The number of rotatable bonds is 5. The number of alkyl carbamates (subject to hydrolysis) is 1. The number of alkyl halides is 2. The van der Waals surface area contributed by atoms with E-state index in [1.54, 1.807) is 13.0 Å². The van der Waals surface area contributed by atoms with Gasteiger partial charge in [0.2, 0.25) is 5.95 Å². The van der Waals surface area contributed by atoms with Gasteiger partial charge in [0, 0.05) is 16.8 Å². The van der Waals surface area contributed by atoms with Crippen molar-refractivity contribution in [2.24, 2.45) is 0 Å². The Bertz CT molecular complexity index is 1070. The summed E-state index contributed by atoms with van der Waals surface area (Å²) < 4.78 is 44.7. The number of nitrogens with zero attached hydrogens (tertiary/aromatic N) is 3. The molecule has 156 valence electrons. The van der Waals surface area contributed by atoms with Gasteiger partial charge in [-0.2, -0.15) is 0 Å². The van der Waals surface area contributed by atoms with Crippen LogP contribution in [0.5, 0.6) is 0 Å². The van der Waals surface area contributed by atoms with E-state index in [2.05, 4.69) is 25.0 Å². The van der Waals surface area contributed by atoms with Gasteiger partial charge < -0.3 is 15.8 Å². The molecule has 30 heavy (non-hydrogen) atoms. The fraction of sp³-hybridized carbons (Fsp3) is 0.200. The summed E-state index contributed by atoms with van der Waals surface area (Å²) in [6.07, 6.45) is -3.50. The number of hydrogen-bond donors (Lipinski definition) is 2. The Morgan fingerprint density at radius 1 is 1.13 bits per heavy atom. The fourth-order valence-electron chi connectivity index (χ4n) is 2.95. The van der Waals surface area contributed by atoms with Crippen LogP contribution in [0, 0.1) is 12.7 Å². The number of methoxy groups -OCH3 is 1. The molecule has 0 radical (unpaired) electrons. The summed E-state index contributed by atoms with van der Waals surface area (Å²) >= 11 is 0. The molecule has 0 aliphatic carbocycles. The standard InChI is InChI=1S/C20H18F3N5O2/c1-10-7-12(8-14(26-10)18(22)23)16-15(9-25-20(29)30-2)27-19(24)28-17(16)11-3-5-13(21)6-4-11/h3-8,18H,9H2,1-2H3,(H,25,29)(H2,24,27,28). The lowest BCUT2D eigenvalue weighted by atomic mass is 9.96. The van der Waals surface area contributed by atoms with Crippen molar-refractivity contribution in [3.05, 3.63) is 59.3 Å². The van der Waals surface area contributed by atoms with Crippen LogP contribution in [0.4, 0.5) is 23.9 Å². The van der Waals surface area contributed by atoms with Gasteiger partial charge in [0.25, 0.3) is 6.43 Å². The van der Waals surface area contributed by atoms with Gasteiger partial charge in [0.05, 0.1) is 25.0 Å². The van der Waals surface area contributed by atoms with Crippen LogP contribution in [0.1, 0.15) is 23.5 Å². The Hall–Kier alpha value is -3.69. The molecule has 0 unspecified atom stereocenters. The number of anilines is 1. The fourth-order valence-corrected chi connectivity index (χ4v) is 2.95. The summed E-state index contributed by atoms with van der Waals surface area (Å²) in [6.45, 7) is 1.48. The first kappa shape index (κ1) is 21.0. The second-order valence-electron chi connectivity index (χ2n) is 6.33. The topological polar surface area (TPSA) is 103 Å². The maximum atomic E-state index is 13.4. The van der Waals surface area contributed by atoms with Gasteiger partial charge in [-0.15, -0.1) is 0 Å². The van der Waals surface area contributed by atoms with Crippen molar-refractivity contribution >= 4 is 12.0 Å². The molecule has 1 amide bonds. The van der Waals surface area contributed by atoms with Crippen molar-refractivity contribution in [1.29, 1.82) is 0 Å². The third-order valence-electron chi connectivity index (χ3n) is 4.19. The summed E-state index contributed by atoms with van der Waals surface area (Å²) in [5, 5.41) is 2.50. The van der Waals surface area contributed by atoms with Crippen LogP contribution in [0.3, 0.4) is 0 Å². The number of benzene rings is 1. The predicted molar refractivity (Wildman–Crippen MR) is 104 cm³/mol. The van der Waals surface area contributed by atoms with Crippen molar-refractivity contribution in [3.63, 3.8) is 0 Å². The minimum atomic E-state index is -2.79. The lowest BCUT2D eigenvalue weighted by Gasteiger charge is -2.16. The van der Waals surface area contributed by atoms with Crippen molar-refractivity contribution in [2.75, 3.05) is 12.8 Å². The number of nitrogens with one attached hydrogen (secondary N) is 1. The highest BCUT2D eigenvalue weighted by molar-refractivity contribution is 5.83. The van der Waals surface area contributed by atoms with Crippen molar-refractivity contribution < 1.29 is 22.7 Å². The molecule has 7 nitrogen and oxygen atoms in total. The molecule has 0 aliphatic heterocycles. The van der Waals surface area contributed by atoms with Crippen LogP contribution >= 0.6 is 0 Å². The maximum Gasteiger partial charge on any atom is 0.407 e. The normalized spacial score (nSPS) is 10.9. The molecular formula is C20H18F3N5O2. The van der Waals surface area contributed by atoms with Crippen LogP contribution in [0.2, 0.25) is 0 Å². The smallest absolute Gasteiger partial charge is 0.407 e. The molecule has 0 aliphatic rings. The second-order valence-corrected chi connectivity index (χ2v) is 6.33. The molecule has 2 aromatic heterocycles. The zero-order valence-electron chi connectivity index (χ0n) is 16.1. The van der Waals surface area contributed by atoms with Crippen molar-refractivity contribution in [3.8, 4) is 22.4 Å². The van der Waals surface area contributed by atoms with Gasteiger partial charge in [-0.3, -0.25) is 4.98 Å². The Balaban J connectivity index is 2.26. The number of nitrogens with two attached hydrogens (primary N) is 1. The highest BCUT2D eigenvalue weighted by Gasteiger charge is 2.20. The molecule has 10 heteroatoms. The molecule has 3 aromatic rings. The number of carbonyl (C=O) groups excluding carboxylic acids is 1. The van der Waals surface area contributed by atoms with E-state index in [0.717, 1.165) is 0 Å². The molecule has 0 saturated heterocycles. The number of amides is 1. The largest absolute Gasteiger partial charge is 0.453 e. The Labute approximate surface area is 170 Å².